The highest BCUT2D eigenvalue weighted by atomic mass is 19.3. The Morgan fingerprint density at radius 2 is 1.57 bits per heavy atom. The van der Waals surface area contributed by atoms with Gasteiger partial charge in [-0.3, -0.25) is 4.79 Å². The van der Waals surface area contributed by atoms with Crippen molar-refractivity contribution in [3.8, 4) is 11.1 Å². The van der Waals surface area contributed by atoms with E-state index in [-0.39, 0.29) is 0 Å². The Labute approximate surface area is 131 Å². The summed E-state index contributed by atoms with van der Waals surface area (Å²) in [5.74, 6) is -1.60. The second-order valence-corrected chi connectivity index (χ2v) is 5.00. The summed E-state index contributed by atoms with van der Waals surface area (Å²) in [5.41, 5.74) is 2.21. The SMILES string of the molecule is O=C(N[C@H](CF)[C@H](O)c1ccc(-c2ccccc2)cc1)C(F)F. The fourth-order valence-electron chi connectivity index (χ4n) is 2.18. The predicted octanol–water partition coefficient (Wildman–Crippen LogP) is 3.11. The maximum Gasteiger partial charge on any atom is 0.315 e. The molecule has 0 saturated carbocycles. The van der Waals surface area contributed by atoms with E-state index in [2.05, 4.69) is 0 Å². The van der Waals surface area contributed by atoms with Crippen molar-refractivity contribution in [1.82, 2.24) is 5.32 Å². The largest absolute Gasteiger partial charge is 0.386 e. The standard InChI is InChI=1S/C17H16F3NO2/c18-10-14(21-17(23)16(19)20)15(22)13-8-6-12(7-9-13)11-4-2-1-3-5-11/h1-9,14-16,22H,10H2,(H,21,23)/t14-,15-/m1/s1. The van der Waals surface area contributed by atoms with Crippen LogP contribution in [0, 0.1) is 0 Å². The summed E-state index contributed by atoms with van der Waals surface area (Å²) in [4.78, 5) is 10.9. The van der Waals surface area contributed by atoms with Crippen molar-refractivity contribution in [2.45, 2.75) is 18.6 Å². The van der Waals surface area contributed by atoms with Gasteiger partial charge in [0.15, 0.2) is 0 Å². The first-order valence-electron chi connectivity index (χ1n) is 7.01. The third kappa shape index (κ3) is 4.32. The first-order valence-corrected chi connectivity index (χ1v) is 7.01. The van der Waals surface area contributed by atoms with Gasteiger partial charge < -0.3 is 10.4 Å². The van der Waals surface area contributed by atoms with Crippen LogP contribution in [0.15, 0.2) is 54.6 Å². The zero-order valence-electron chi connectivity index (χ0n) is 12.1. The van der Waals surface area contributed by atoms with E-state index >= 15 is 0 Å². The lowest BCUT2D eigenvalue weighted by molar-refractivity contribution is -0.133. The van der Waals surface area contributed by atoms with E-state index in [0.717, 1.165) is 11.1 Å². The zero-order chi connectivity index (χ0) is 16.8. The van der Waals surface area contributed by atoms with Gasteiger partial charge in [0.1, 0.15) is 12.8 Å². The zero-order valence-corrected chi connectivity index (χ0v) is 12.1. The molecule has 1 amide bonds. The molecule has 0 aliphatic carbocycles. The Morgan fingerprint density at radius 1 is 1.00 bits per heavy atom. The lowest BCUT2D eigenvalue weighted by Gasteiger charge is -2.22. The van der Waals surface area contributed by atoms with Crippen molar-refractivity contribution in [3.63, 3.8) is 0 Å². The molecule has 0 heterocycles. The molecule has 2 aromatic carbocycles. The molecule has 2 aromatic rings. The lowest BCUT2D eigenvalue weighted by Crippen LogP contribution is -2.43. The van der Waals surface area contributed by atoms with Crippen LogP contribution in [-0.4, -0.2) is 30.2 Å². The number of benzene rings is 2. The maximum absolute atomic E-state index is 12.9. The fourth-order valence-corrected chi connectivity index (χ4v) is 2.18. The molecule has 23 heavy (non-hydrogen) atoms. The summed E-state index contributed by atoms with van der Waals surface area (Å²) < 4.78 is 37.4. The van der Waals surface area contributed by atoms with Gasteiger partial charge >= 0.3 is 6.43 Å². The average molecular weight is 323 g/mol. The molecule has 0 aliphatic heterocycles. The minimum atomic E-state index is -3.25. The Balaban J connectivity index is 2.12. The van der Waals surface area contributed by atoms with Gasteiger partial charge in [0.25, 0.3) is 5.91 Å². The third-order valence-electron chi connectivity index (χ3n) is 3.43. The van der Waals surface area contributed by atoms with Gasteiger partial charge in [-0.15, -0.1) is 0 Å². The predicted molar refractivity (Wildman–Crippen MR) is 80.7 cm³/mol. The molecule has 2 N–H and O–H groups in total. The van der Waals surface area contributed by atoms with Crippen molar-refractivity contribution < 1.29 is 23.1 Å². The van der Waals surface area contributed by atoms with E-state index in [9.17, 15) is 23.1 Å². The second kappa shape index (κ2) is 7.78. The fraction of sp³-hybridized carbons (Fsp3) is 0.235. The number of aliphatic hydroxyl groups is 1. The molecule has 3 nitrogen and oxygen atoms in total. The molecule has 0 unspecified atom stereocenters. The molecule has 0 aliphatic rings. The molecule has 2 rings (SSSR count). The number of aliphatic hydroxyl groups excluding tert-OH is 1. The topological polar surface area (TPSA) is 49.3 Å². The van der Waals surface area contributed by atoms with Gasteiger partial charge in [-0.1, -0.05) is 54.6 Å². The second-order valence-electron chi connectivity index (χ2n) is 5.00. The summed E-state index contributed by atoms with van der Waals surface area (Å²) in [6.45, 7) is -1.15. The van der Waals surface area contributed by atoms with Crippen molar-refractivity contribution in [2.75, 3.05) is 6.67 Å². The quantitative estimate of drug-likeness (QED) is 0.858. The van der Waals surface area contributed by atoms with Gasteiger partial charge in [-0.2, -0.15) is 8.78 Å². The van der Waals surface area contributed by atoms with Crippen LogP contribution in [0.2, 0.25) is 0 Å². The van der Waals surface area contributed by atoms with Crippen LogP contribution in [0.1, 0.15) is 11.7 Å². The molecular formula is C17H16F3NO2. The van der Waals surface area contributed by atoms with Crippen LogP contribution in [0.5, 0.6) is 0 Å². The molecule has 0 spiro atoms. The van der Waals surface area contributed by atoms with Gasteiger partial charge in [-0.25, -0.2) is 4.39 Å². The third-order valence-corrected chi connectivity index (χ3v) is 3.43. The molecule has 0 fully saturated rings. The molecular weight excluding hydrogens is 307 g/mol. The number of rotatable bonds is 6. The number of carbonyl (C=O) groups excluding carboxylic acids is 1. The monoisotopic (exact) mass is 323 g/mol. The Morgan fingerprint density at radius 3 is 2.09 bits per heavy atom. The van der Waals surface area contributed by atoms with Crippen LogP contribution in [0.25, 0.3) is 11.1 Å². The summed E-state index contributed by atoms with van der Waals surface area (Å²) in [5, 5.41) is 11.9. The van der Waals surface area contributed by atoms with E-state index in [1.54, 1.807) is 29.6 Å². The summed E-state index contributed by atoms with van der Waals surface area (Å²) in [6.07, 6.45) is -4.66. The molecule has 0 saturated heterocycles. The van der Waals surface area contributed by atoms with E-state index in [4.69, 9.17) is 0 Å². The number of halogens is 3. The number of amides is 1. The van der Waals surface area contributed by atoms with Gasteiger partial charge in [0.05, 0.1) is 6.04 Å². The van der Waals surface area contributed by atoms with E-state index in [0.29, 0.717) is 5.56 Å². The van der Waals surface area contributed by atoms with Crippen LogP contribution in [-0.2, 0) is 4.79 Å². The van der Waals surface area contributed by atoms with Crippen LogP contribution >= 0.6 is 0 Å². The lowest BCUT2D eigenvalue weighted by atomic mass is 9.99. The summed E-state index contributed by atoms with van der Waals surface area (Å²) in [6, 6.07) is 14.7. The van der Waals surface area contributed by atoms with Crippen LogP contribution in [0.3, 0.4) is 0 Å². The highest BCUT2D eigenvalue weighted by Crippen LogP contribution is 2.23. The highest BCUT2D eigenvalue weighted by Gasteiger charge is 2.26. The van der Waals surface area contributed by atoms with E-state index in [1.807, 2.05) is 30.3 Å². The Hall–Kier alpha value is -2.34. The van der Waals surface area contributed by atoms with Gasteiger partial charge in [0.2, 0.25) is 0 Å². The summed E-state index contributed by atoms with van der Waals surface area (Å²) in [7, 11) is 0. The first kappa shape index (κ1) is 17.0. The molecule has 0 radical (unpaired) electrons. The maximum atomic E-state index is 12.9. The smallest absolute Gasteiger partial charge is 0.315 e. The van der Waals surface area contributed by atoms with E-state index in [1.165, 1.54) is 0 Å². The average Bonchev–Trinajstić information content (AvgIpc) is 2.59. The Bertz CT molecular complexity index is 632. The Kier molecular flexibility index (Phi) is 5.76. The molecule has 6 heteroatoms. The number of hydrogen-bond acceptors (Lipinski definition) is 2. The van der Waals surface area contributed by atoms with Crippen molar-refractivity contribution in [1.29, 1.82) is 0 Å². The number of alkyl halides is 3. The van der Waals surface area contributed by atoms with Gasteiger partial charge in [-0.05, 0) is 16.7 Å². The molecule has 2 atom stereocenters. The number of carbonyl (C=O) groups is 1. The number of nitrogens with one attached hydrogen (secondary N) is 1. The van der Waals surface area contributed by atoms with Crippen molar-refractivity contribution in [2.24, 2.45) is 0 Å². The summed E-state index contributed by atoms with van der Waals surface area (Å²) >= 11 is 0. The molecule has 0 aromatic heterocycles. The van der Waals surface area contributed by atoms with E-state index < -0.39 is 31.2 Å². The normalized spacial score (nSPS) is 13.6. The molecule has 122 valence electrons. The van der Waals surface area contributed by atoms with Crippen molar-refractivity contribution >= 4 is 5.91 Å². The van der Waals surface area contributed by atoms with Gasteiger partial charge in [0, 0.05) is 0 Å². The highest BCUT2D eigenvalue weighted by molar-refractivity contribution is 5.79. The van der Waals surface area contributed by atoms with Crippen molar-refractivity contribution in [3.05, 3.63) is 60.2 Å². The molecule has 0 bridgehead atoms. The first-order chi connectivity index (χ1) is 11.0. The number of hydrogen-bond donors (Lipinski definition) is 2. The van der Waals surface area contributed by atoms with Crippen LogP contribution < -0.4 is 5.32 Å². The van der Waals surface area contributed by atoms with Crippen LogP contribution in [0.4, 0.5) is 13.2 Å². The minimum Gasteiger partial charge on any atom is -0.386 e. The minimum absolute atomic E-state index is 0.335.